The highest BCUT2D eigenvalue weighted by Gasteiger charge is 2.02. The maximum Gasteiger partial charge on any atom is 0.0451 e. The number of hydrogen-bond donors (Lipinski definition) is 1. The van der Waals surface area contributed by atoms with E-state index in [1.165, 1.54) is 9.75 Å². The minimum Gasteiger partial charge on any atom is -0.308 e. The second kappa shape index (κ2) is 5.87. The summed E-state index contributed by atoms with van der Waals surface area (Å²) in [5, 5.41) is 4.84. The summed E-state index contributed by atoms with van der Waals surface area (Å²) in [7, 11) is 0. The van der Waals surface area contributed by atoms with Crippen LogP contribution >= 0.6 is 34.5 Å². The molecule has 0 aliphatic carbocycles. The van der Waals surface area contributed by atoms with Crippen molar-refractivity contribution in [2.45, 2.75) is 20.0 Å². The number of aryl methyl sites for hydroxylation is 1. The maximum atomic E-state index is 6.09. The molecule has 1 heterocycles. The van der Waals surface area contributed by atoms with E-state index in [0.29, 0.717) is 0 Å². The van der Waals surface area contributed by atoms with Gasteiger partial charge in [-0.25, -0.2) is 0 Å². The molecule has 4 heteroatoms. The van der Waals surface area contributed by atoms with E-state index in [9.17, 15) is 0 Å². The van der Waals surface area contributed by atoms with Gasteiger partial charge in [-0.1, -0.05) is 23.2 Å². The molecule has 1 N–H and O–H groups in total. The lowest BCUT2D eigenvalue weighted by Crippen LogP contribution is -2.12. The van der Waals surface area contributed by atoms with Gasteiger partial charge in [0.15, 0.2) is 0 Å². The minimum absolute atomic E-state index is 0.721. The predicted molar refractivity (Wildman–Crippen MR) is 76.1 cm³/mol. The van der Waals surface area contributed by atoms with Crippen molar-refractivity contribution in [3.05, 3.63) is 55.7 Å². The number of nitrogens with one attached hydrogen (secondary N) is 1. The van der Waals surface area contributed by atoms with Crippen molar-refractivity contribution in [2.24, 2.45) is 0 Å². The molecule has 0 amide bonds. The Labute approximate surface area is 115 Å². The molecule has 0 spiro atoms. The largest absolute Gasteiger partial charge is 0.308 e. The van der Waals surface area contributed by atoms with E-state index in [1.807, 2.05) is 23.5 Å². The van der Waals surface area contributed by atoms with E-state index in [2.05, 4.69) is 24.4 Å². The first-order chi connectivity index (χ1) is 8.15. The van der Waals surface area contributed by atoms with Crippen LogP contribution in [0.4, 0.5) is 0 Å². The third kappa shape index (κ3) is 3.71. The van der Waals surface area contributed by atoms with E-state index in [4.69, 9.17) is 23.2 Å². The summed E-state index contributed by atoms with van der Waals surface area (Å²) in [4.78, 5) is 2.67. The first kappa shape index (κ1) is 12.9. The molecule has 0 aliphatic rings. The quantitative estimate of drug-likeness (QED) is 0.862. The van der Waals surface area contributed by atoms with Crippen LogP contribution in [-0.4, -0.2) is 0 Å². The Kier molecular flexibility index (Phi) is 4.46. The molecule has 0 bridgehead atoms. The maximum absolute atomic E-state index is 6.09. The number of rotatable bonds is 4. The molecule has 0 fully saturated rings. The van der Waals surface area contributed by atoms with E-state index in [1.54, 1.807) is 6.07 Å². The Hall–Kier alpha value is -0.540. The van der Waals surface area contributed by atoms with Gasteiger partial charge >= 0.3 is 0 Å². The average Bonchev–Trinajstić information content (AvgIpc) is 2.69. The molecule has 90 valence electrons. The van der Waals surface area contributed by atoms with E-state index < -0.39 is 0 Å². The molecule has 0 saturated heterocycles. The fourth-order valence-corrected chi connectivity index (χ4v) is 2.82. The number of thiophene rings is 1. The highest BCUT2D eigenvalue weighted by Crippen LogP contribution is 2.21. The van der Waals surface area contributed by atoms with Crippen molar-refractivity contribution in [1.29, 1.82) is 0 Å². The predicted octanol–water partition coefficient (Wildman–Crippen LogP) is 4.65. The third-order valence-electron chi connectivity index (χ3n) is 2.42. The molecule has 0 atom stereocenters. The van der Waals surface area contributed by atoms with Crippen LogP contribution in [0.2, 0.25) is 10.0 Å². The minimum atomic E-state index is 0.721. The Bertz CT molecular complexity index is 508. The normalized spacial score (nSPS) is 10.8. The monoisotopic (exact) mass is 285 g/mol. The lowest BCUT2D eigenvalue weighted by atomic mass is 10.2. The van der Waals surface area contributed by atoms with Crippen LogP contribution in [0.3, 0.4) is 0 Å². The van der Waals surface area contributed by atoms with E-state index in [-0.39, 0.29) is 0 Å². The number of hydrogen-bond acceptors (Lipinski definition) is 2. The molecule has 1 aromatic heterocycles. The molecule has 0 unspecified atom stereocenters. The van der Waals surface area contributed by atoms with Crippen LogP contribution in [0.15, 0.2) is 30.3 Å². The molecule has 17 heavy (non-hydrogen) atoms. The second-order valence-corrected chi connectivity index (χ2v) is 6.07. The van der Waals surface area contributed by atoms with Crippen molar-refractivity contribution < 1.29 is 0 Å². The third-order valence-corrected chi connectivity index (χ3v) is 4.02. The molecule has 0 aliphatic heterocycles. The molecule has 2 aromatic rings. The fraction of sp³-hybridized carbons (Fsp3) is 0.231. The molecule has 0 saturated carbocycles. The van der Waals surface area contributed by atoms with Crippen LogP contribution in [0.25, 0.3) is 0 Å². The van der Waals surface area contributed by atoms with Gasteiger partial charge in [0.05, 0.1) is 0 Å². The highest BCUT2D eigenvalue weighted by molar-refractivity contribution is 7.11. The molecule has 1 nitrogen and oxygen atoms in total. The summed E-state index contributed by atoms with van der Waals surface area (Å²) in [6.07, 6.45) is 0. The van der Waals surface area contributed by atoms with Crippen molar-refractivity contribution >= 4 is 34.5 Å². The SMILES string of the molecule is Cc1ccc(CNCc2cc(Cl)ccc2Cl)s1. The molecular formula is C13H13Cl2NS. The Morgan fingerprint density at radius 1 is 1.12 bits per heavy atom. The summed E-state index contributed by atoms with van der Waals surface area (Å²) < 4.78 is 0. The van der Waals surface area contributed by atoms with Gasteiger partial charge in [0.2, 0.25) is 0 Å². The van der Waals surface area contributed by atoms with Crippen LogP contribution in [-0.2, 0) is 13.1 Å². The van der Waals surface area contributed by atoms with Gasteiger partial charge in [0.1, 0.15) is 0 Å². The topological polar surface area (TPSA) is 12.0 Å². The van der Waals surface area contributed by atoms with Crippen LogP contribution in [0, 0.1) is 6.92 Å². The smallest absolute Gasteiger partial charge is 0.0451 e. The summed E-state index contributed by atoms with van der Waals surface area (Å²) in [6.45, 7) is 3.71. The zero-order chi connectivity index (χ0) is 12.3. The van der Waals surface area contributed by atoms with Crippen LogP contribution in [0.5, 0.6) is 0 Å². The number of benzene rings is 1. The zero-order valence-electron chi connectivity index (χ0n) is 9.47. The lowest BCUT2D eigenvalue weighted by molar-refractivity contribution is 0.701. The lowest BCUT2D eigenvalue weighted by Gasteiger charge is -2.06. The summed E-state index contributed by atoms with van der Waals surface area (Å²) in [5.41, 5.74) is 1.03. The van der Waals surface area contributed by atoms with Gasteiger partial charge in [-0.3, -0.25) is 0 Å². The Morgan fingerprint density at radius 2 is 1.94 bits per heavy atom. The number of halogens is 2. The second-order valence-electron chi connectivity index (χ2n) is 3.85. The van der Waals surface area contributed by atoms with Gasteiger partial charge in [-0.15, -0.1) is 11.3 Å². The first-order valence-corrected chi connectivity index (χ1v) is 6.92. The van der Waals surface area contributed by atoms with E-state index in [0.717, 1.165) is 28.7 Å². The first-order valence-electron chi connectivity index (χ1n) is 5.35. The standard InChI is InChI=1S/C13H13Cl2NS/c1-9-2-4-12(17-9)8-16-7-10-6-11(14)3-5-13(10)15/h2-6,16H,7-8H2,1H3. The summed E-state index contributed by atoms with van der Waals surface area (Å²) in [5.74, 6) is 0. The van der Waals surface area contributed by atoms with Gasteiger partial charge < -0.3 is 5.32 Å². The molecular weight excluding hydrogens is 273 g/mol. The summed E-state index contributed by atoms with van der Waals surface area (Å²) in [6, 6.07) is 9.81. The van der Waals surface area contributed by atoms with Crippen LogP contribution < -0.4 is 5.32 Å². The van der Waals surface area contributed by atoms with Crippen molar-refractivity contribution in [3.8, 4) is 0 Å². The Morgan fingerprint density at radius 3 is 2.65 bits per heavy atom. The van der Waals surface area contributed by atoms with Crippen molar-refractivity contribution in [3.63, 3.8) is 0 Å². The zero-order valence-corrected chi connectivity index (χ0v) is 11.8. The van der Waals surface area contributed by atoms with Gasteiger partial charge in [0.25, 0.3) is 0 Å². The molecule has 1 aromatic carbocycles. The highest BCUT2D eigenvalue weighted by atomic mass is 35.5. The van der Waals surface area contributed by atoms with Crippen molar-refractivity contribution in [2.75, 3.05) is 0 Å². The van der Waals surface area contributed by atoms with E-state index >= 15 is 0 Å². The van der Waals surface area contributed by atoms with Gasteiger partial charge in [-0.05, 0) is 42.8 Å². The molecule has 2 rings (SSSR count). The average molecular weight is 286 g/mol. The molecule has 0 radical (unpaired) electrons. The Balaban J connectivity index is 1.91. The van der Waals surface area contributed by atoms with Crippen molar-refractivity contribution in [1.82, 2.24) is 5.32 Å². The van der Waals surface area contributed by atoms with Gasteiger partial charge in [0, 0.05) is 32.9 Å². The fourth-order valence-electron chi connectivity index (χ4n) is 1.58. The van der Waals surface area contributed by atoms with Crippen LogP contribution in [0.1, 0.15) is 15.3 Å². The summed E-state index contributed by atoms with van der Waals surface area (Å²) >= 11 is 13.8. The van der Waals surface area contributed by atoms with Gasteiger partial charge in [-0.2, -0.15) is 0 Å².